The Balaban J connectivity index is 2.53. The van der Waals surface area contributed by atoms with E-state index in [4.69, 9.17) is 5.73 Å². The van der Waals surface area contributed by atoms with Gasteiger partial charge in [-0.2, -0.15) is 0 Å². The molecule has 0 aliphatic carbocycles. The van der Waals surface area contributed by atoms with E-state index in [-0.39, 0.29) is 29.6 Å². The standard InChI is InChI=1S/C16H25FN2O/c1-11(16(2,3)4)7-15(20)19-10-13-6-5-12(9-18)8-14(13)17/h5-6,8,11H,7,9-10,18H2,1-4H3,(H,19,20). The fourth-order valence-electron chi connectivity index (χ4n) is 1.71. The Morgan fingerprint density at radius 2 is 2.05 bits per heavy atom. The van der Waals surface area contributed by atoms with Gasteiger partial charge in [0.25, 0.3) is 0 Å². The first kappa shape index (κ1) is 16.6. The fraction of sp³-hybridized carbons (Fsp3) is 0.562. The van der Waals surface area contributed by atoms with Crippen molar-refractivity contribution in [2.75, 3.05) is 0 Å². The van der Waals surface area contributed by atoms with Crippen LogP contribution in [0.1, 0.15) is 45.2 Å². The van der Waals surface area contributed by atoms with Crippen LogP contribution in [0.2, 0.25) is 0 Å². The zero-order valence-corrected chi connectivity index (χ0v) is 12.8. The molecule has 0 aromatic heterocycles. The van der Waals surface area contributed by atoms with Gasteiger partial charge in [0.1, 0.15) is 5.82 Å². The normalized spacial score (nSPS) is 13.1. The molecule has 0 aliphatic rings. The van der Waals surface area contributed by atoms with Gasteiger partial charge in [0.05, 0.1) is 0 Å². The highest BCUT2D eigenvalue weighted by atomic mass is 19.1. The zero-order chi connectivity index (χ0) is 15.3. The van der Waals surface area contributed by atoms with Crippen LogP contribution in [0.15, 0.2) is 18.2 Å². The number of halogens is 1. The number of rotatable bonds is 5. The molecule has 1 unspecified atom stereocenters. The van der Waals surface area contributed by atoms with Crippen molar-refractivity contribution in [3.05, 3.63) is 35.1 Å². The van der Waals surface area contributed by atoms with Gasteiger partial charge in [-0.25, -0.2) is 4.39 Å². The smallest absolute Gasteiger partial charge is 0.220 e. The molecule has 0 bridgehead atoms. The minimum atomic E-state index is -0.322. The number of hydrogen-bond donors (Lipinski definition) is 2. The van der Waals surface area contributed by atoms with Crippen molar-refractivity contribution in [2.24, 2.45) is 17.1 Å². The lowest BCUT2D eigenvalue weighted by Gasteiger charge is -2.26. The molecule has 4 heteroatoms. The van der Waals surface area contributed by atoms with Crippen molar-refractivity contribution in [3.63, 3.8) is 0 Å². The molecule has 3 nitrogen and oxygen atoms in total. The van der Waals surface area contributed by atoms with Gasteiger partial charge < -0.3 is 11.1 Å². The molecule has 0 fully saturated rings. The Bertz CT molecular complexity index is 466. The first-order valence-electron chi connectivity index (χ1n) is 6.98. The van der Waals surface area contributed by atoms with Crippen molar-refractivity contribution in [2.45, 2.75) is 47.2 Å². The maximum Gasteiger partial charge on any atom is 0.220 e. The molecular weight excluding hydrogens is 255 g/mol. The SMILES string of the molecule is CC(CC(=O)NCc1ccc(CN)cc1F)C(C)(C)C. The molecule has 112 valence electrons. The van der Waals surface area contributed by atoms with Crippen LogP contribution in [0.3, 0.4) is 0 Å². The molecule has 0 radical (unpaired) electrons. The summed E-state index contributed by atoms with van der Waals surface area (Å²) >= 11 is 0. The summed E-state index contributed by atoms with van der Waals surface area (Å²) in [6.07, 6.45) is 0.450. The summed E-state index contributed by atoms with van der Waals surface area (Å²) in [6.45, 7) is 8.90. The van der Waals surface area contributed by atoms with E-state index in [2.05, 4.69) is 33.0 Å². The number of hydrogen-bond acceptors (Lipinski definition) is 2. The molecule has 0 spiro atoms. The van der Waals surface area contributed by atoms with E-state index in [1.807, 2.05) is 0 Å². The third-order valence-corrected chi connectivity index (χ3v) is 3.80. The van der Waals surface area contributed by atoms with Crippen LogP contribution in [0.4, 0.5) is 4.39 Å². The molecule has 3 N–H and O–H groups in total. The lowest BCUT2D eigenvalue weighted by atomic mass is 9.80. The van der Waals surface area contributed by atoms with Gasteiger partial charge in [-0.1, -0.05) is 39.8 Å². The predicted octanol–water partition coefficient (Wildman–Crippen LogP) is 2.97. The van der Waals surface area contributed by atoms with Gasteiger partial charge in [0, 0.05) is 25.1 Å². The average Bonchev–Trinajstić information content (AvgIpc) is 2.36. The maximum atomic E-state index is 13.7. The fourth-order valence-corrected chi connectivity index (χ4v) is 1.71. The van der Waals surface area contributed by atoms with Gasteiger partial charge in [-0.05, 0) is 23.0 Å². The summed E-state index contributed by atoms with van der Waals surface area (Å²) in [7, 11) is 0. The van der Waals surface area contributed by atoms with Gasteiger partial charge in [-0.15, -0.1) is 0 Å². The van der Waals surface area contributed by atoms with Crippen molar-refractivity contribution in [3.8, 4) is 0 Å². The Labute approximate surface area is 120 Å². The summed E-state index contributed by atoms with van der Waals surface area (Å²) in [5.74, 6) is -0.0983. The van der Waals surface area contributed by atoms with Crippen molar-refractivity contribution in [1.82, 2.24) is 5.32 Å². The third-order valence-electron chi connectivity index (χ3n) is 3.80. The van der Waals surface area contributed by atoms with E-state index in [9.17, 15) is 9.18 Å². The number of amides is 1. The predicted molar refractivity (Wildman–Crippen MR) is 79.4 cm³/mol. The first-order chi connectivity index (χ1) is 9.24. The van der Waals surface area contributed by atoms with E-state index in [0.717, 1.165) is 5.56 Å². The van der Waals surface area contributed by atoms with Gasteiger partial charge in [-0.3, -0.25) is 4.79 Å². The van der Waals surface area contributed by atoms with Crippen LogP contribution in [0.25, 0.3) is 0 Å². The van der Waals surface area contributed by atoms with Crippen molar-refractivity contribution in [1.29, 1.82) is 0 Å². The molecular formula is C16H25FN2O. The minimum Gasteiger partial charge on any atom is -0.352 e. The number of nitrogens with two attached hydrogens (primary N) is 1. The second-order valence-electron chi connectivity index (χ2n) is 6.38. The Morgan fingerprint density at radius 3 is 2.55 bits per heavy atom. The van der Waals surface area contributed by atoms with Crippen LogP contribution in [-0.4, -0.2) is 5.91 Å². The molecule has 0 heterocycles. The molecule has 0 saturated heterocycles. The van der Waals surface area contributed by atoms with Gasteiger partial charge >= 0.3 is 0 Å². The maximum absolute atomic E-state index is 13.7. The largest absolute Gasteiger partial charge is 0.352 e. The van der Waals surface area contributed by atoms with Crippen molar-refractivity contribution < 1.29 is 9.18 Å². The van der Waals surface area contributed by atoms with Crippen LogP contribution in [0.5, 0.6) is 0 Å². The second-order valence-corrected chi connectivity index (χ2v) is 6.38. The molecule has 1 amide bonds. The summed E-state index contributed by atoms with van der Waals surface area (Å²) in [5, 5.41) is 2.77. The van der Waals surface area contributed by atoms with Crippen molar-refractivity contribution >= 4 is 5.91 Å². The molecule has 1 atom stereocenters. The lowest BCUT2D eigenvalue weighted by Crippen LogP contribution is -2.29. The van der Waals surface area contributed by atoms with Gasteiger partial charge in [0.2, 0.25) is 5.91 Å². The Hall–Kier alpha value is -1.42. The molecule has 20 heavy (non-hydrogen) atoms. The highest BCUT2D eigenvalue weighted by Crippen LogP contribution is 2.27. The van der Waals surface area contributed by atoms with Crippen LogP contribution in [0, 0.1) is 17.2 Å². The number of benzene rings is 1. The van der Waals surface area contributed by atoms with Crippen LogP contribution >= 0.6 is 0 Å². The second kappa shape index (κ2) is 6.84. The Kier molecular flexibility index (Phi) is 5.69. The summed E-state index contributed by atoms with van der Waals surface area (Å²) < 4.78 is 13.7. The average molecular weight is 280 g/mol. The summed E-state index contributed by atoms with van der Waals surface area (Å²) in [4.78, 5) is 11.9. The number of nitrogens with one attached hydrogen (secondary N) is 1. The topological polar surface area (TPSA) is 55.1 Å². The monoisotopic (exact) mass is 280 g/mol. The van der Waals surface area contributed by atoms with Crippen LogP contribution in [-0.2, 0) is 17.9 Å². The number of carbonyl (C=O) groups excluding carboxylic acids is 1. The zero-order valence-electron chi connectivity index (χ0n) is 12.8. The molecule has 0 saturated carbocycles. The number of carbonyl (C=O) groups is 1. The van der Waals surface area contributed by atoms with E-state index in [1.165, 1.54) is 6.07 Å². The van der Waals surface area contributed by atoms with E-state index in [0.29, 0.717) is 18.5 Å². The van der Waals surface area contributed by atoms with Gasteiger partial charge in [0.15, 0.2) is 0 Å². The molecule has 1 aromatic rings. The molecule has 0 aliphatic heterocycles. The minimum absolute atomic E-state index is 0.0465. The Morgan fingerprint density at radius 1 is 1.40 bits per heavy atom. The van der Waals surface area contributed by atoms with E-state index < -0.39 is 0 Å². The molecule has 1 rings (SSSR count). The van der Waals surface area contributed by atoms with Crippen LogP contribution < -0.4 is 11.1 Å². The van der Waals surface area contributed by atoms with E-state index in [1.54, 1.807) is 12.1 Å². The highest BCUT2D eigenvalue weighted by molar-refractivity contribution is 5.76. The third kappa shape index (κ3) is 4.93. The van der Waals surface area contributed by atoms with E-state index >= 15 is 0 Å². The molecule has 1 aromatic carbocycles. The lowest BCUT2D eigenvalue weighted by molar-refractivity contribution is -0.122. The first-order valence-corrected chi connectivity index (χ1v) is 6.98. The quantitative estimate of drug-likeness (QED) is 0.871. The summed E-state index contributed by atoms with van der Waals surface area (Å²) in [6, 6.07) is 4.87. The highest BCUT2D eigenvalue weighted by Gasteiger charge is 2.22. The summed E-state index contributed by atoms with van der Waals surface area (Å²) in [5.41, 5.74) is 6.77.